The lowest BCUT2D eigenvalue weighted by molar-refractivity contribution is 0.601. The van der Waals surface area contributed by atoms with Gasteiger partial charge in [0.05, 0.1) is 18.0 Å². The number of rotatable bonds is 9. The van der Waals surface area contributed by atoms with Crippen LogP contribution in [0.2, 0.25) is 0 Å². The lowest BCUT2D eigenvalue weighted by Crippen LogP contribution is -2.38. The van der Waals surface area contributed by atoms with E-state index in [-0.39, 0.29) is 24.0 Å². The summed E-state index contributed by atoms with van der Waals surface area (Å²) < 4.78 is 25.5. The van der Waals surface area contributed by atoms with Gasteiger partial charge in [-0.05, 0) is 49.5 Å². The van der Waals surface area contributed by atoms with Gasteiger partial charge in [0, 0.05) is 19.8 Å². The van der Waals surface area contributed by atoms with Crippen LogP contribution < -0.4 is 10.6 Å². The van der Waals surface area contributed by atoms with E-state index in [0.29, 0.717) is 23.9 Å². The van der Waals surface area contributed by atoms with E-state index < -0.39 is 9.84 Å². The topological polar surface area (TPSA) is 101 Å². The average Bonchev–Trinajstić information content (AvgIpc) is 2.97. The molecule has 0 atom stereocenters. The summed E-state index contributed by atoms with van der Waals surface area (Å²) in [4.78, 5) is 5.01. The van der Waals surface area contributed by atoms with Gasteiger partial charge in [-0.15, -0.1) is 34.2 Å². The van der Waals surface area contributed by atoms with E-state index >= 15 is 0 Å². The van der Waals surface area contributed by atoms with Crippen LogP contribution in [0.25, 0.3) is 0 Å². The Balaban J connectivity index is 0.00000450. The summed E-state index contributed by atoms with van der Waals surface area (Å²) >= 11 is 1.81. The Bertz CT molecular complexity index is 960. The normalized spacial score (nSPS) is 11.8. The Kier molecular flexibility index (Phi) is 11.1. The van der Waals surface area contributed by atoms with Crippen LogP contribution >= 0.6 is 35.7 Å². The fourth-order valence-corrected chi connectivity index (χ4v) is 4.15. The molecule has 1 aromatic heterocycles. The van der Waals surface area contributed by atoms with Crippen LogP contribution in [0.3, 0.4) is 0 Å². The number of hydrogen-bond acceptors (Lipinski definition) is 6. The molecule has 1 heterocycles. The first-order valence-corrected chi connectivity index (χ1v) is 12.7. The zero-order valence-electron chi connectivity index (χ0n) is 18.1. The first kappa shape index (κ1) is 26.7. The van der Waals surface area contributed by atoms with Crippen LogP contribution in [-0.2, 0) is 30.0 Å². The number of nitrogens with one attached hydrogen (secondary N) is 2. The van der Waals surface area contributed by atoms with Crippen molar-refractivity contribution in [2.75, 3.05) is 24.8 Å². The van der Waals surface area contributed by atoms with Gasteiger partial charge in [0.15, 0.2) is 21.6 Å². The van der Waals surface area contributed by atoms with E-state index in [1.807, 2.05) is 42.4 Å². The van der Waals surface area contributed by atoms with Crippen molar-refractivity contribution < 1.29 is 8.42 Å². The fourth-order valence-electron chi connectivity index (χ4n) is 2.76. The number of aryl methyl sites for hydroxylation is 2. The second-order valence-corrected chi connectivity index (χ2v) is 9.86. The molecule has 0 saturated carbocycles. The second-order valence-electron chi connectivity index (χ2n) is 6.89. The SMILES string of the molecule is CSCCCNC(=NCc1ccc(S(C)(=O)=O)c(C)c1)NCc1nnc(C)n1C.I. The number of sulfone groups is 1. The third-order valence-corrected chi connectivity index (χ3v) is 6.43. The van der Waals surface area contributed by atoms with Gasteiger partial charge in [-0.3, -0.25) is 0 Å². The lowest BCUT2D eigenvalue weighted by Gasteiger charge is -2.13. The maximum atomic E-state index is 11.8. The van der Waals surface area contributed by atoms with Gasteiger partial charge >= 0.3 is 0 Å². The summed E-state index contributed by atoms with van der Waals surface area (Å²) in [6.45, 7) is 5.49. The largest absolute Gasteiger partial charge is 0.356 e. The Morgan fingerprint density at radius 2 is 1.97 bits per heavy atom. The smallest absolute Gasteiger partial charge is 0.191 e. The minimum Gasteiger partial charge on any atom is -0.356 e. The fraction of sp³-hybridized carbons (Fsp3) is 0.526. The van der Waals surface area contributed by atoms with Crippen LogP contribution in [0, 0.1) is 13.8 Å². The van der Waals surface area contributed by atoms with E-state index in [9.17, 15) is 8.42 Å². The summed E-state index contributed by atoms with van der Waals surface area (Å²) in [5.74, 6) is 3.45. The first-order valence-electron chi connectivity index (χ1n) is 9.38. The van der Waals surface area contributed by atoms with Gasteiger partial charge in [0.2, 0.25) is 0 Å². The Morgan fingerprint density at radius 1 is 1.23 bits per heavy atom. The number of guanidine groups is 1. The van der Waals surface area contributed by atoms with E-state index in [1.54, 1.807) is 13.0 Å². The molecular formula is C19H31IN6O2S2. The summed E-state index contributed by atoms with van der Waals surface area (Å²) in [5.41, 5.74) is 1.69. The van der Waals surface area contributed by atoms with Crippen LogP contribution in [0.1, 0.15) is 29.2 Å². The first-order chi connectivity index (χ1) is 13.7. The molecule has 2 aromatic rings. The maximum absolute atomic E-state index is 11.8. The van der Waals surface area contributed by atoms with Gasteiger partial charge in [0.25, 0.3) is 0 Å². The molecule has 1 aromatic carbocycles. The Labute approximate surface area is 200 Å². The molecule has 0 unspecified atom stereocenters. The molecule has 0 amide bonds. The van der Waals surface area contributed by atoms with Gasteiger partial charge in [-0.25, -0.2) is 13.4 Å². The number of hydrogen-bond donors (Lipinski definition) is 2. The lowest BCUT2D eigenvalue weighted by atomic mass is 10.1. The number of benzene rings is 1. The molecule has 0 aliphatic heterocycles. The molecule has 0 bridgehead atoms. The van der Waals surface area contributed by atoms with Crippen molar-refractivity contribution in [2.45, 2.75) is 38.3 Å². The monoisotopic (exact) mass is 566 g/mol. The van der Waals surface area contributed by atoms with Crippen molar-refractivity contribution >= 4 is 51.5 Å². The number of aliphatic imine (C=N–C) groups is 1. The van der Waals surface area contributed by atoms with E-state index in [4.69, 9.17) is 0 Å². The van der Waals surface area contributed by atoms with Crippen LogP contribution in [0.5, 0.6) is 0 Å². The molecule has 11 heteroatoms. The van der Waals surface area contributed by atoms with Crippen molar-refractivity contribution in [3.8, 4) is 0 Å². The highest BCUT2D eigenvalue weighted by Gasteiger charge is 2.11. The minimum absolute atomic E-state index is 0. The minimum atomic E-state index is -3.22. The van der Waals surface area contributed by atoms with Gasteiger partial charge in [0.1, 0.15) is 5.82 Å². The van der Waals surface area contributed by atoms with E-state index in [0.717, 1.165) is 41.5 Å². The van der Waals surface area contributed by atoms with E-state index in [2.05, 4.69) is 32.1 Å². The van der Waals surface area contributed by atoms with Gasteiger partial charge < -0.3 is 15.2 Å². The second kappa shape index (κ2) is 12.5. The molecule has 0 aliphatic rings. The predicted octanol–water partition coefficient (Wildman–Crippen LogP) is 2.44. The highest BCUT2D eigenvalue weighted by Crippen LogP contribution is 2.17. The Hall–Kier alpha value is -1.34. The summed E-state index contributed by atoms with van der Waals surface area (Å²) in [6, 6.07) is 5.33. The molecule has 30 heavy (non-hydrogen) atoms. The van der Waals surface area contributed by atoms with Crippen molar-refractivity contribution in [3.05, 3.63) is 41.0 Å². The summed E-state index contributed by atoms with van der Waals surface area (Å²) in [6.07, 6.45) is 4.35. The standard InChI is InChI=1S/C19H30N6O2S2.HI/c1-14-11-16(7-8-17(14)29(5,26)27)12-21-19(20-9-6-10-28-4)22-13-18-24-23-15(2)25(18)3;/h7-8,11H,6,9-10,12-13H2,1-5H3,(H2,20,21,22);1H. The molecule has 0 radical (unpaired) electrons. The molecule has 0 saturated heterocycles. The molecule has 0 spiro atoms. The summed E-state index contributed by atoms with van der Waals surface area (Å²) in [5, 5.41) is 14.9. The van der Waals surface area contributed by atoms with Crippen molar-refractivity contribution in [2.24, 2.45) is 12.0 Å². The third-order valence-electron chi connectivity index (χ3n) is 4.47. The Morgan fingerprint density at radius 3 is 2.53 bits per heavy atom. The predicted molar refractivity (Wildman–Crippen MR) is 134 cm³/mol. The van der Waals surface area contributed by atoms with Gasteiger partial charge in [-0.2, -0.15) is 11.8 Å². The highest BCUT2D eigenvalue weighted by atomic mass is 127. The molecule has 0 fully saturated rings. The van der Waals surface area contributed by atoms with Crippen LogP contribution in [0.4, 0.5) is 0 Å². The number of aromatic nitrogens is 3. The van der Waals surface area contributed by atoms with Crippen LogP contribution in [-0.4, -0.2) is 54.0 Å². The maximum Gasteiger partial charge on any atom is 0.191 e. The molecule has 168 valence electrons. The summed E-state index contributed by atoms with van der Waals surface area (Å²) in [7, 11) is -1.29. The zero-order chi connectivity index (χ0) is 21.4. The number of thioether (sulfide) groups is 1. The molecule has 2 rings (SSSR count). The third kappa shape index (κ3) is 8.06. The highest BCUT2D eigenvalue weighted by molar-refractivity contribution is 14.0. The van der Waals surface area contributed by atoms with Crippen molar-refractivity contribution in [1.82, 2.24) is 25.4 Å². The molecule has 2 N–H and O–H groups in total. The van der Waals surface area contributed by atoms with Crippen molar-refractivity contribution in [3.63, 3.8) is 0 Å². The van der Waals surface area contributed by atoms with Gasteiger partial charge in [-0.1, -0.05) is 12.1 Å². The van der Waals surface area contributed by atoms with Crippen molar-refractivity contribution in [1.29, 1.82) is 0 Å². The van der Waals surface area contributed by atoms with E-state index in [1.165, 1.54) is 6.26 Å². The zero-order valence-corrected chi connectivity index (χ0v) is 22.1. The average molecular weight is 567 g/mol. The quantitative estimate of drug-likeness (QED) is 0.208. The number of halogens is 1. The molecule has 0 aliphatic carbocycles. The number of nitrogens with zero attached hydrogens (tertiary/aromatic N) is 4. The van der Waals surface area contributed by atoms with Crippen LogP contribution in [0.15, 0.2) is 28.1 Å². The molecule has 8 nitrogen and oxygen atoms in total. The molecular weight excluding hydrogens is 535 g/mol.